The molecule has 6 nitrogen and oxygen atoms in total. The van der Waals surface area contributed by atoms with Gasteiger partial charge in [0.1, 0.15) is 0 Å². The molecular formula is C22H23F3N4O2. The first-order valence-electron chi connectivity index (χ1n) is 9.97. The van der Waals surface area contributed by atoms with Crippen molar-refractivity contribution in [1.82, 2.24) is 15.2 Å². The third-order valence-electron chi connectivity index (χ3n) is 5.72. The normalized spacial score (nSPS) is 21.0. The second kappa shape index (κ2) is 8.30. The average Bonchev–Trinajstić information content (AvgIpc) is 3.29. The number of aliphatic imine (C=N–C) groups is 1. The number of fused-ring (bicyclic) bond motifs is 1. The lowest BCUT2D eigenvalue weighted by molar-refractivity contribution is -0.138. The minimum absolute atomic E-state index is 0.0451. The summed E-state index contributed by atoms with van der Waals surface area (Å²) in [5.41, 5.74) is 1.90. The summed E-state index contributed by atoms with van der Waals surface area (Å²) in [6, 6.07) is 6.99. The maximum atomic E-state index is 13.5. The van der Waals surface area contributed by atoms with Gasteiger partial charge in [0.15, 0.2) is 0 Å². The number of nitrogens with one attached hydrogen (secondary N) is 1. The highest BCUT2D eigenvalue weighted by molar-refractivity contribution is 5.97. The van der Waals surface area contributed by atoms with E-state index in [-0.39, 0.29) is 17.9 Å². The molecule has 1 saturated heterocycles. The van der Waals surface area contributed by atoms with Crippen LogP contribution in [0.1, 0.15) is 33.9 Å². The lowest BCUT2D eigenvalue weighted by Gasteiger charge is -2.23. The smallest absolute Gasteiger partial charge is 0.416 e. The first-order chi connectivity index (χ1) is 14.8. The molecule has 2 aliphatic heterocycles. The van der Waals surface area contributed by atoms with Crippen molar-refractivity contribution in [3.8, 4) is 0 Å². The van der Waals surface area contributed by atoms with Gasteiger partial charge in [-0.25, -0.2) is 4.99 Å². The number of rotatable bonds is 4. The molecule has 1 aromatic carbocycles. The summed E-state index contributed by atoms with van der Waals surface area (Å²) in [7, 11) is 3.38. The van der Waals surface area contributed by atoms with Crippen LogP contribution >= 0.6 is 0 Å². The Morgan fingerprint density at radius 2 is 2.06 bits per heavy atom. The van der Waals surface area contributed by atoms with Gasteiger partial charge in [0.05, 0.1) is 36.9 Å². The molecule has 0 spiro atoms. The van der Waals surface area contributed by atoms with Crippen molar-refractivity contribution in [2.24, 2.45) is 4.99 Å². The van der Waals surface area contributed by atoms with Crippen molar-refractivity contribution in [2.45, 2.75) is 31.1 Å². The van der Waals surface area contributed by atoms with E-state index in [0.29, 0.717) is 31.2 Å². The number of amides is 1. The van der Waals surface area contributed by atoms with E-state index >= 15 is 0 Å². The Kier molecular flexibility index (Phi) is 5.70. The number of hydrogen-bond donors (Lipinski definition) is 1. The highest BCUT2D eigenvalue weighted by atomic mass is 19.4. The number of likely N-dealkylation sites (N-methyl/N-ethyl adjacent to an activating group) is 1. The molecular weight excluding hydrogens is 409 g/mol. The van der Waals surface area contributed by atoms with Crippen LogP contribution < -0.4 is 5.32 Å². The third-order valence-corrected chi connectivity index (χ3v) is 5.72. The van der Waals surface area contributed by atoms with E-state index in [1.165, 1.54) is 12.1 Å². The molecule has 31 heavy (non-hydrogen) atoms. The predicted molar refractivity (Wildman–Crippen MR) is 109 cm³/mol. The van der Waals surface area contributed by atoms with Crippen LogP contribution in [0.5, 0.6) is 0 Å². The molecule has 0 aliphatic carbocycles. The fourth-order valence-corrected chi connectivity index (χ4v) is 4.35. The van der Waals surface area contributed by atoms with Crippen LogP contribution in [0.4, 0.5) is 13.2 Å². The summed E-state index contributed by atoms with van der Waals surface area (Å²) in [6.45, 7) is 1.39. The molecule has 0 bridgehead atoms. The zero-order valence-corrected chi connectivity index (χ0v) is 17.2. The number of carbonyl (C=O) groups is 1. The molecule has 1 aromatic heterocycles. The first kappa shape index (κ1) is 21.3. The van der Waals surface area contributed by atoms with E-state index in [9.17, 15) is 18.0 Å². The molecule has 1 N–H and O–H groups in total. The van der Waals surface area contributed by atoms with Crippen molar-refractivity contribution in [2.75, 3.05) is 27.2 Å². The van der Waals surface area contributed by atoms with Crippen molar-refractivity contribution >= 4 is 11.8 Å². The maximum Gasteiger partial charge on any atom is 0.416 e. The fourth-order valence-electron chi connectivity index (χ4n) is 4.35. The molecule has 164 valence electrons. The van der Waals surface area contributed by atoms with Gasteiger partial charge in [-0.2, -0.15) is 13.2 Å². The van der Waals surface area contributed by atoms with Gasteiger partial charge < -0.3 is 15.0 Å². The average molecular weight is 432 g/mol. The number of benzene rings is 1. The summed E-state index contributed by atoms with van der Waals surface area (Å²) in [5.74, 6) is -0.191. The Morgan fingerprint density at radius 1 is 1.29 bits per heavy atom. The highest BCUT2D eigenvalue weighted by Gasteiger charge is 2.40. The lowest BCUT2D eigenvalue weighted by Crippen LogP contribution is -2.40. The Morgan fingerprint density at radius 3 is 2.81 bits per heavy atom. The first-order valence-corrected chi connectivity index (χ1v) is 9.97. The van der Waals surface area contributed by atoms with Crippen LogP contribution in [0, 0.1) is 0 Å². The number of methoxy groups -OCH3 is 1. The molecule has 2 aromatic rings. The number of halogens is 3. The van der Waals surface area contributed by atoms with Crippen molar-refractivity contribution < 1.29 is 22.7 Å². The van der Waals surface area contributed by atoms with Crippen LogP contribution in [0.15, 0.2) is 41.5 Å². The number of aromatic nitrogens is 1. The van der Waals surface area contributed by atoms with Crippen molar-refractivity contribution in [3.05, 3.63) is 64.5 Å². The SMILES string of the molecule is COC1=NCc2cc(CC(=O)N[C@@H]3CN(C)C[C@H]3c3ccccc3C(F)(F)F)ncc21. The van der Waals surface area contributed by atoms with Crippen LogP contribution in [0.3, 0.4) is 0 Å². The van der Waals surface area contributed by atoms with Gasteiger partial charge in [0.2, 0.25) is 11.8 Å². The number of pyridine rings is 1. The summed E-state index contributed by atoms with van der Waals surface area (Å²) >= 11 is 0. The Labute approximate surface area is 178 Å². The van der Waals surface area contributed by atoms with Gasteiger partial charge in [-0.15, -0.1) is 0 Å². The maximum absolute atomic E-state index is 13.5. The van der Waals surface area contributed by atoms with Gasteiger partial charge in [0.25, 0.3) is 0 Å². The Hall–Kier alpha value is -2.94. The zero-order valence-electron chi connectivity index (χ0n) is 17.2. The van der Waals surface area contributed by atoms with Crippen LogP contribution in [0.25, 0.3) is 0 Å². The fraction of sp³-hybridized carbons (Fsp3) is 0.409. The van der Waals surface area contributed by atoms with E-state index < -0.39 is 23.7 Å². The summed E-state index contributed by atoms with van der Waals surface area (Å²) in [6.07, 6.45) is -2.76. The van der Waals surface area contributed by atoms with Crippen molar-refractivity contribution in [1.29, 1.82) is 0 Å². The molecule has 4 rings (SSSR count). The topological polar surface area (TPSA) is 66.8 Å². The molecule has 2 aliphatic rings. The van der Waals surface area contributed by atoms with E-state index in [1.54, 1.807) is 19.4 Å². The molecule has 0 unspecified atom stereocenters. The molecule has 0 saturated carbocycles. The minimum atomic E-state index is -4.44. The van der Waals surface area contributed by atoms with E-state index in [2.05, 4.69) is 15.3 Å². The lowest BCUT2D eigenvalue weighted by atomic mass is 9.90. The number of nitrogens with zero attached hydrogens (tertiary/aromatic N) is 3. The molecule has 0 radical (unpaired) electrons. The summed E-state index contributed by atoms with van der Waals surface area (Å²) in [5, 5.41) is 2.93. The van der Waals surface area contributed by atoms with Gasteiger partial charge in [-0.1, -0.05) is 18.2 Å². The second-order valence-corrected chi connectivity index (χ2v) is 7.92. The number of alkyl halides is 3. The second-order valence-electron chi connectivity index (χ2n) is 7.92. The molecule has 1 fully saturated rings. The van der Waals surface area contributed by atoms with Gasteiger partial charge in [0, 0.05) is 31.2 Å². The van der Waals surface area contributed by atoms with E-state index in [1.807, 2.05) is 18.0 Å². The zero-order chi connectivity index (χ0) is 22.2. The number of carbonyl (C=O) groups excluding carboxylic acids is 1. The number of hydrogen-bond acceptors (Lipinski definition) is 5. The molecule has 1 amide bonds. The van der Waals surface area contributed by atoms with Crippen LogP contribution in [-0.4, -0.2) is 55.0 Å². The van der Waals surface area contributed by atoms with Gasteiger partial charge in [-0.05, 0) is 30.3 Å². The standard InChI is InChI=1S/C22H23F3N4O2/c1-29-11-17(15-5-3-4-6-18(15)22(23,24)25)19(12-29)28-20(30)8-14-7-13-9-27-21(31-2)16(13)10-26-14/h3-7,10,17,19H,8-9,11-12H2,1-2H3,(H,28,30)/t17-,19+/m0/s1. The minimum Gasteiger partial charge on any atom is -0.481 e. The highest BCUT2D eigenvalue weighted by Crippen LogP contribution is 2.38. The predicted octanol–water partition coefficient (Wildman–Crippen LogP) is 2.76. The monoisotopic (exact) mass is 432 g/mol. The van der Waals surface area contributed by atoms with Gasteiger partial charge >= 0.3 is 6.18 Å². The number of ether oxygens (including phenoxy) is 1. The molecule has 3 heterocycles. The quantitative estimate of drug-likeness (QED) is 0.807. The van der Waals surface area contributed by atoms with Crippen molar-refractivity contribution in [3.63, 3.8) is 0 Å². The molecule has 9 heteroatoms. The van der Waals surface area contributed by atoms with E-state index in [4.69, 9.17) is 4.74 Å². The Balaban J connectivity index is 1.48. The molecule has 2 atom stereocenters. The van der Waals surface area contributed by atoms with Crippen LogP contribution in [-0.2, 0) is 28.7 Å². The summed E-state index contributed by atoms with van der Waals surface area (Å²) in [4.78, 5) is 23.2. The van der Waals surface area contributed by atoms with Gasteiger partial charge in [-0.3, -0.25) is 9.78 Å². The largest absolute Gasteiger partial charge is 0.481 e. The summed E-state index contributed by atoms with van der Waals surface area (Å²) < 4.78 is 45.7. The third kappa shape index (κ3) is 4.41. The van der Waals surface area contributed by atoms with Crippen LogP contribution in [0.2, 0.25) is 0 Å². The van der Waals surface area contributed by atoms with E-state index in [0.717, 1.165) is 17.2 Å². The Bertz CT molecular complexity index is 1020. The number of likely N-dealkylation sites (tertiary alicyclic amines) is 1.